The van der Waals surface area contributed by atoms with Crippen molar-refractivity contribution in [3.05, 3.63) is 137 Å². The van der Waals surface area contributed by atoms with Crippen molar-refractivity contribution in [2.75, 3.05) is 13.1 Å². The van der Waals surface area contributed by atoms with E-state index in [0.29, 0.717) is 19.6 Å². The Bertz CT molecular complexity index is 1410. The molecule has 0 saturated heterocycles. The molecule has 0 heterocycles. The number of hydrogen-bond acceptors (Lipinski definition) is 4. The van der Waals surface area contributed by atoms with E-state index >= 15 is 0 Å². The predicted octanol–water partition coefficient (Wildman–Crippen LogP) is 7.47. The van der Waals surface area contributed by atoms with E-state index in [2.05, 4.69) is 59.5 Å². The predicted molar refractivity (Wildman–Crippen MR) is 172 cm³/mol. The Morgan fingerprint density at radius 2 is 1.30 bits per heavy atom. The van der Waals surface area contributed by atoms with Gasteiger partial charge in [0.2, 0.25) is 0 Å². The number of carbonyl (C=O) groups is 2. The minimum atomic E-state index is -0.942. The van der Waals surface area contributed by atoms with Crippen LogP contribution in [0, 0.1) is 0 Å². The molecule has 226 valence electrons. The molecule has 43 heavy (non-hydrogen) atoms. The zero-order valence-electron chi connectivity index (χ0n) is 24.4. The maximum absolute atomic E-state index is 11.2. The number of nitrogens with zero attached hydrogens (tertiary/aromatic N) is 1. The minimum absolute atomic E-state index is 0. The van der Waals surface area contributed by atoms with Crippen LogP contribution in [0.4, 0.5) is 0 Å². The third-order valence-corrected chi connectivity index (χ3v) is 7.35. The molecule has 0 aliphatic carbocycles. The number of carboxylic acids is 2. The molecule has 0 spiro atoms. The van der Waals surface area contributed by atoms with Crippen LogP contribution in [0.15, 0.2) is 103 Å². The van der Waals surface area contributed by atoms with Crippen LogP contribution in [0.3, 0.4) is 0 Å². The fourth-order valence-corrected chi connectivity index (χ4v) is 4.92. The lowest BCUT2D eigenvalue weighted by molar-refractivity contribution is -0.137. The van der Waals surface area contributed by atoms with Crippen LogP contribution in [0.25, 0.3) is 0 Å². The fraction of sp³-hybridized carbons (Fsp3) is 0.278. The maximum atomic E-state index is 11.2. The molecule has 4 rings (SSSR count). The van der Waals surface area contributed by atoms with Gasteiger partial charge in [-0.3, -0.25) is 9.69 Å². The number of aromatic carboxylic acids is 1. The highest BCUT2D eigenvalue weighted by atomic mass is 35.5. The van der Waals surface area contributed by atoms with Gasteiger partial charge in [0, 0.05) is 19.5 Å². The first-order valence-electron chi connectivity index (χ1n) is 14.5. The molecule has 4 aromatic rings. The van der Waals surface area contributed by atoms with Crippen LogP contribution < -0.4 is 4.74 Å². The quantitative estimate of drug-likeness (QED) is 0.122. The van der Waals surface area contributed by atoms with Crippen LogP contribution in [0.1, 0.15) is 57.4 Å². The van der Waals surface area contributed by atoms with Crippen molar-refractivity contribution < 1.29 is 24.5 Å². The second kappa shape index (κ2) is 17.7. The summed E-state index contributed by atoms with van der Waals surface area (Å²) < 4.78 is 6.26. The molecule has 0 aromatic heterocycles. The molecule has 0 radical (unpaired) electrons. The van der Waals surface area contributed by atoms with Gasteiger partial charge >= 0.3 is 11.9 Å². The van der Waals surface area contributed by atoms with Crippen molar-refractivity contribution in [2.24, 2.45) is 0 Å². The number of unbranched alkanes of at least 4 members (excludes halogenated alkanes) is 1. The monoisotopic (exact) mass is 603 g/mol. The van der Waals surface area contributed by atoms with Crippen LogP contribution in [-0.4, -0.2) is 40.1 Å². The number of aryl methyl sites for hydroxylation is 2. The van der Waals surface area contributed by atoms with Gasteiger partial charge in [-0.15, -0.1) is 12.4 Å². The molecular formula is C36H40ClNO5. The number of ether oxygens (including phenoxy) is 1. The van der Waals surface area contributed by atoms with Crippen molar-refractivity contribution in [2.45, 2.75) is 51.7 Å². The Kier molecular flexibility index (Phi) is 13.8. The van der Waals surface area contributed by atoms with Gasteiger partial charge in [0.25, 0.3) is 0 Å². The molecule has 0 bridgehead atoms. The molecule has 0 saturated carbocycles. The fourth-order valence-electron chi connectivity index (χ4n) is 4.92. The number of aliphatic carboxylic acids is 1. The van der Waals surface area contributed by atoms with Gasteiger partial charge in [0.1, 0.15) is 12.4 Å². The van der Waals surface area contributed by atoms with Gasteiger partial charge in [-0.25, -0.2) is 4.79 Å². The third kappa shape index (κ3) is 11.6. The van der Waals surface area contributed by atoms with Crippen molar-refractivity contribution in [1.82, 2.24) is 4.90 Å². The first kappa shape index (κ1) is 33.4. The molecule has 0 aliphatic rings. The number of hydrogen-bond donors (Lipinski definition) is 2. The molecule has 6 nitrogen and oxygen atoms in total. The summed E-state index contributed by atoms with van der Waals surface area (Å²) in [6, 6.07) is 34.2. The van der Waals surface area contributed by atoms with Crippen molar-refractivity contribution in [1.29, 1.82) is 0 Å². The number of halogens is 1. The number of rotatable bonds is 17. The van der Waals surface area contributed by atoms with E-state index in [9.17, 15) is 14.7 Å². The number of benzene rings is 4. The first-order chi connectivity index (χ1) is 20.5. The third-order valence-electron chi connectivity index (χ3n) is 7.35. The first-order valence-corrected chi connectivity index (χ1v) is 14.5. The van der Waals surface area contributed by atoms with Crippen molar-refractivity contribution in [3.63, 3.8) is 0 Å². The van der Waals surface area contributed by atoms with Gasteiger partial charge in [-0.1, -0.05) is 84.9 Å². The van der Waals surface area contributed by atoms with Crippen molar-refractivity contribution in [3.8, 4) is 5.75 Å². The summed E-state index contributed by atoms with van der Waals surface area (Å²) in [7, 11) is 0. The molecule has 0 amide bonds. The second-order valence-electron chi connectivity index (χ2n) is 10.6. The zero-order valence-corrected chi connectivity index (χ0v) is 25.2. The summed E-state index contributed by atoms with van der Waals surface area (Å²) in [6.07, 6.45) is 4.36. The number of para-hydroxylation sites is 1. The van der Waals surface area contributed by atoms with E-state index in [0.717, 1.165) is 61.2 Å². The van der Waals surface area contributed by atoms with Gasteiger partial charge in [0.15, 0.2) is 0 Å². The zero-order chi connectivity index (χ0) is 29.6. The molecule has 4 aromatic carbocycles. The summed E-state index contributed by atoms with van der Waals surface area (Å²) in [6.45, 7) is 2.68. The Morgan fingerprint density at radius 3 is 1.98 bits per heavy atom. The topological polar surface area (TPSA) is 87.1 Å². The number of carboxylic acid groups (broad SMARTS) is 2. The van der Waals surface area contributed by atoms with Gasteiger partial charge in [-0.05, 0) is 84.7 Å². The smallest absolute Gasteiger partial charge is 0.335 e. The van der Waals surface area contributed by atoms with E-state index < -0.39 is 11.9 Å². The SMILES string of the molecule is Cl.O=C(O)CCCCN(CCc1ccccc1O[14CH2]c1ccc(CCc2ccccc2)cc1)Cc1ccc(C(=O)O)cc1. The molecule has 0 unspecified atom stereocenters. The molecule has 7 heteroatoms. The average Bonchev–Trinajstić information content (AvgIpc) is 3.01. The van der Waals surface area contributed by atoms with Crippen LogP contribution in [0.2, 0.25) is 0 Å². The maximum Gasteiger partial charge on any atom is 0.335 e. The molecule has 2 N–H and O–H groups in total. The van der Waals surface area contributed by atoms with Gasteiger partial charge < -0.3 is 14.9 Å². The normalized spacial score (nSPS) is 10.7. The van der Waals surface area contributed by atoms with Crippen LogP contribution in [0.5, 0.6) is 5.75 Å². The van der Waals surface area contributed by atoms with Gasteiger partial charge in [-0.2, -0.15) is 0 Å². The van der Waals surface area contributed by atoms with Crippen LogP contribution in [-0.2, 0) is 37.2 Å². The summed E-state index contributed by atoms with van der Waals surface area (Å²) in [4.78, 5) is 24.5. The van der Waals surface area contributed by atoms with E-state index in [1.807, 2.05) is 36.4 Å². The minimum Gasteiger partial charge on any atom is -0.489 e. The Morgan fingerprint density at radius 1 is 0.674 bits per heavy atom. The summed E-state index contributed by atoms with van der Waals surface area (Å²) >= 11 is 0. The van der Waals surface area contributed by atoms with E-state index in [-0.39, 0.29) is 24.4 Å². The Balaban J connectivity index is 0.00000506. The standard InChI is InChI=1S/C36H39NO5.ClH/c38-35(39)12-6-7-24-37(26-30-19-21-33(22-20-30)36(40)41)25-23-32-10-4-5-11-34(32)42-27-31-17-15-29(16-18-31)14-13-28-8-2-1-3-9-28;/h1-5,8-11,15-22H,6-7,12-14,23-27H2,(H,38,39)(H,40,41);1H/i27+2;. The Hall–Kier alpha value is -4.13. The van der Waals surface area contributed by atoms with E-state index in [1.54, 1.807) is 12.1 Å². The molecular weight excluding hydrogens is 564 g/mol. The lowest BCUT2D eigenvalue weighted by Crippen LogP contribution is -2.27. The van der Waals surface area contributed by atoms with Crippen molar-refractivity contribution >= 4 is 24.3 Å². The molecule has 0 aliphatic heterocycles. The van der Waals surface area contributed by atoms with Gasteiger partial charge in [0.05, 0.1) is 5.56 Å². The summed E-state index contributed by atoms with van der Waals surface area (Å²) in [5.74, 6) is -0.858. The second-order valence-corrected chi connectivity index (χ2v) is 10.6. The lowest BCUT2D eigenvalue weighted by atomic mass is 10.0. The highest BCUT2D eigenvalue weighted by Crippen LogP contribution is 2.21. The highest BCUT2D eigenvalue weighted by Gasteiger charge is 2.11. The lowest BCUT2D eigenvalue weighted by Gasteiger charge is -2.23. The van der Waals surface area contributed by atoms with E-state index in [1.165, 1.54) is 11.1 Å². The molecule has 0 fully saturated rings. The largest absolute Gasteiger partial charge is 0.489 e. The molecule has 0 atom stereocenters. The summed E-state index contributed by atoms with van der Waals surface area (Å²) in [5.41, 5.74) is 6.18. The average molecular weight is 604 g/mol. The summed E-state index contributed by atoms with van der Waals surface area (Å²) in [5, 5.41) is 18.2. The Labute approximate surface area is 260 Å². The van der Waals surface area contributed by atoms with E-state index in [4.69, 9.17) is 9.84 Å². The highest BCUT2D eigenvalue weighted by molar-refractivity contribution is 5.87. The van der Waals surface area contributed by atoms with Crippen LogP contribution >= 0.6 is 12.4 Å².